The van der Waals surface area contributed by atoms with E-state index in [-0.39, 0.29) is 10.7 Å². The highest BCUT2D eigenvalue weighted by atomic mass is 35.5. The molecule has 0 saturated heterocycles. The number of halogens is 2. The summed E-state index contributed by atoms with van der Waals surface area (Å²) in [6.07, 6.45) is 1.90. The number of nitrogens with zero attached hydrogens (tertiary/aromatic N) is 1. The van der Waals surface area contributed by atoms with Gasteiger partial charge in [0, 0.05) is 0 Å². The van der Waals surface area contributed by atoms with E-state index in [4.69, 9.17) is 16.9 Å². The van der Waals surface area contributed by atoms with E-state index in [0.717, 1.165) is 6.42 Å². The molecule has 1 amide bonds. The number of nitrogens with one attached hydrogen (secondary N) is 1. The SMILES string of the molecule is N#CC1(C(=O)Nc2cccc(Cl)c2F)CCC1. The molecule has 17 heavy (non-hydrogen) atoms. The number of rotatable bonds is 2. The number of nitriles is 1. The monoisotopic (exact) mass is 252 g/mol. The number of benzene rings is 1. The number of anilines is 1. The van der Waals surface area contributed by atoms with Crippen molar-refractivity contribution in [2.45, 2.75) is 19.3 Å². The average Bonchev–Trinajstić information content (AvgIpc) is 2.24. The zero-order chi connectivity index (χ0) is 12.5. The lowest BCUT2D eigenvalue weighted by Gasteiger charge is -2.33. The van der Waals surface area contributed by atoms with Crippen LogP contribution in [0.5, 0.6) is 0 Å². The standard InChI is InChI=1S/C12H10ClFN2O/c13-8-3-1-4-9(10(8)14)16-11(17)12(7-15)5-2-6-12/h1,3-4H,2,5-6H2,(H,16,17). The highest BCUT2D eigenvalue weighted by Gasteiger charge is 2.44. The lowest BCUT2D eigenvalue weighted by atomic mass is 9.69. The number of carbonyl (C=O) groups is 1. The van der Waals surface area contributed by atoms with E-state index in [1.807, 2.05) is 6.07 Å². The van der Waals surface area contributed by atoms with Crippen molar-refractivity contribution in [2.24, 2.45) is 5.41 Å². The van der Waals surface area contributed by atoms with E-state index in [1.54, 1.807) is 6.07 Å². The fraction of sp³-hybridized carbons (Fsp3) is 0.333. The molecular weight excluding hydrogens is 243 g/mol. The summed E-state index contributed by atoms with van der Waals surface area (Å²) in [5.74, 6) is -1.12. The Hall–Kier alpha value is -1.60. The maximum atomic E-state index is 13.5. The third-order valence-electron chi connectivity index (χ3n) is 3.06. The highest BCUT2D eigenvalue weighted by molar-refractivity contribution is 6.31. The lowest BCUT2D eigenvalue weighted by Crippen LogP contribution is -2.40. The molecule has 0 heterocycles. The van der Waals surface area contributed by atoms with Gasteiger partial charge in [-0.25, -0.2) is 4.39 Å². The quantitative estimate of drug-likeness (QED) is 0.879. The summed E-state index contributed by atoms with van der Waals surface area (Å²) in [5, 5.41) is 11.3. The first-order chi connectivity index (χ1) is 8.09. The van der Waals surface area contributed by atoms with Crippen LogP contribution in [-0.2, 0) is 4.79 Å². The van der Waals surface area contributed by atoms with Crippen molar-refractivity contribution in [2.75, 3.05) is 5.32 Å². The van der Waals surface area contributed by atoms with Crippen LogP contribution < -0.4 is 5.32 Å². The van der Waals surface area contributed by atoms with Gasteiger partial charge in [0.1, 0.15) is 5.41 Å². The molecule has 0 unspecified atom stereocenters. The van der Waals surface area contributed by atoms with E-state index in [9.17, 15) is 9.18 Å². The molecule has 2 rings (SSSR count). The fourth-order valence-corrected chi connectivity index (χ4v) is 1.94. The molecule has 0 aromatic heterocycles. The van der Waals surface area contributed by atoms with Gasteiger partial charge in [-0.05, 0) is 31.4 Å². The Morgan fingerprint density at radius 2 is 2.24 bits per heavy atom. The van der Waals surface area contributed by atoms with Gasteiger partial charge in [0.2, 0.25) is 5.91 Å². The Balaban J connectivity index is 2.19. The van der Waals surface area contributed by atoms with Crippen molar-refractivity contribution >= 4 is 23.2 Å². The normalized spacial score (nSPS) is 16.8. The second-order valence-corrected chi connectivity index (χ2v) is 4.51. The maximum Gasteiger partial charge on any atom is 0.244 e. The van der Waals surface area contributed by atoms with Crippen LogP contribution >= 0.6 is 11.6 Å². The van der Waals surface area contributed by atoms with Gasteiger partial charge in [0.05, 0.1) is 16.8 Å². The van der Waals surface area contributed by atoms with E-state index in [0.29, 0.717) is 12.8 Å². The summed E-state index contributed by atoms with van der Waals surface area (Å²) in [7, 11) is 0. The number of hydrogen-bond donors (Lipinski definition) is 1. The molecule has 1 saturated carbocycles. The Morgan fingerprint density at radius 3 is 2.76 bits per heavy atom. The molecule has 0 spiro atoms. The van der Waals surface area contributed by atoms with Gasteiger partial charge in [-0.1, -0.05) is 17.7 Å². The molecule has 1 aromatic carbocycles. The largest absolute Gasteiger partial charge is 0.322 e. The summed E-state index contributed by atoms with van der Waals surface area (Å²) in [6.45, 7) is 0. The van der Waals surface area contributed by atoms with Gasteiger partial charge in [0.15, 0.2) is 5.82 Å². The molecule has 1 aliphatic carbocycles. The van der Waals surface area contributed by atoms with Gasteiger partial charge >= 0.3 is 0 Å². The molecule has 0 aliphatic heterocycles. The smallest absolute Gasteiger partial charge is 0.244 e. The number of carbonyl (C=O) groups excluding carboxylic acids is 1. The van der Waals surface area contributed by atoms with Gasteiger partial charge in [0.25, 0.3) is 0 Å². The Kier molecular flexibility index (Phi) is 3.03. The Bertz CT molecular complexity index is 506. The molecule has 3 nitrogen and oxygen atoms in total. The first-order valence-corrected chi connectivity index (χ1v) is 5.63. The molecule has 0 radical (unpaired) electrons. The number of hydrogen-bond acceptors (Lipinski definition) is 2. The third kappa shape index (κ3) is 1.98. The predicted molar refractivity (Wildman–Crippen MR) is 61.9 cm³/mol. The van der Waals surface area contributed by atoms with Crippen molar-refractivity contribution in [1.82, 2.24) is 0 Å². The minimum Gasteiger partial charge on any atom is -0.322 e. The van der Waals surface area contributed by atoms with Crippen molar-refractivity contribution in [3.63, 3.8) is 0 Å². The van der Waals surface area contributed by atoms with Crippen molar-refractivity contribution < 1.29 is 9.18 Å². The van der Waals surface area contributed by atoms with Crippen LogP contribution in [0.15, 0.2) is 18.2 Å². The summed E-state index contributed by atoms with van der Waals surface area (Å²) in [6, 6.07) is 6.36. The first-order valence-electron chi connectivity index (χ1n) is 5.26. The summed E-state index contributed by atoms with van der Waals surface area (Å²) in [5.41, 5.74) is -0.974. The van der Waals surface area contributed by atoms with Crippen LogP contribution in [0.4, 0.5) is 10.1 Å². The summed E-state index contributed by atoms with van der Waals surface area (Å²) < 4.78 is 13.5. The summed E-state index contributed by atoms with van der Waals surface area (Å²) in [4.78, 5) is 11.9. The zero-order valence-electron chi connectivity index (χ0n) is 8.96. The van der Waals surface area contributed by atoms with Crippen molar-refractivity contribution in [3.05, 3.63) is 29.0 Å². The minimum absolute atomic E-state index is 0.0176. The molecule has 1 aromatic rings. The predicted octanol–water partition coefficient (Wildman–Crippen LogP) is 3.11. The van der Waals surface area contributed by atoms with E-state index >= 15 is 0 Å². The van der Waals surface area contributed by atoms with Gasteiger partial charge in [-0.15, -0.1) is 0 Å². The van der Waals surface area contributed by atoms with Crippen LogP contribution in [-0.4, -0.2) is 5.91 Å². The highest BCUT2D eigenvalue weighted by Crippen LogP contribution is 2.41. The van der Waals surface area contributed by atoms with E-state index < -0.39 is 17.1 Å². The second kappa shape index (κ2) is 4.34. The fourth-order valence-electron chi connectivity index (χ4n) is 1.76. The molecule has 1 N–H and O–H groups in total. The van der Waals surface area contributed by atoms with Crippen LogP contribution in [0.3, 0.4) is 0 Å². The van der Waals surface area contributed by atoms with Crippen molar-refractivity contribution in [3.8, 4) is 6.07 Å². The van der Waals surface area contributed by atoms with Crippen LogP contribution in [0.1, 0.15) is 19.3 Å². The Labute approximate surface area is 103 Å². The first kappa shape index (κ1) is 11.9. The van der Waals surface area contributed by atoms with Crippen molar-refractivity contribution in [1.29, 1.82) is 5.26 Å². The average molecular weight is 253 g/mol. The van der Waals surface area contributed by atoms with Gasteiger partial charge in [-0.2, -0.15) is 5.26 Å². The molecular formula is C12H10ClFN2O. The molecule has 88 valence electrons. The van der Waals surface area contributed by atoms with Crippen LogP contribution in [0.25, 0.3) is 0 Å². The zero-order valence-corrected chi connectivity index (χ0v) is 9.72. The lowest BCUT2D eigenvalue weighted by molar-refractivity contribution is -0.126. The Morgan fingerprint density at radius 1 is 1.53 bits per heavy atom. The van der Waals surface area contributed by atoms with Gasteiger partial charge in [-0.3, -0.25) is 4.79 Å². The molecule has 1 fully saturated rings. The van der Waals surface area contributed by atoms with Crippen LogP contribution in [0.2, 0.25) is 5.02 Å². The van der Waals surface area contributed by atoms with E-state index in [1.165, 1.54) is 12.1 Å². The minimum atomic E-state index is -0.991. The molecule has 5 heteroatoms. The molecule has 0 bridgehead atoms. The maximum absolute atomic E-state index is 13.5. The summed E-state index contributed by atoms with van der Waals surface area (Å²) >= 11 is 5.60. The van der Waals surface area contributed by atoms with E-state index in [2.05, 4.69) is 5.32 Å². The number of amides is 1. The van der Waals surface area contributed by atoms with Crippen LogP contribution in [0, 0.1) is 22.6 Å². The topological polar surface area (TPSA) is 52.9 Å². The third-order valence-corrected chi connectivity index (χ3v) is 3.35. The molecule has 1 aliphatic rings. The van der Waals surface area contributed by atoms with Gasteiger partial charge < -0.3 is 5.32 Å². The second-order valence-electron chi connectivity index (χ2n) is 4.10. The molecule has 0 atom stereocenters.